The molecule has 0 bridgehead atoms. The minimum absolute atomic E-state index is 0.724. The van der Waals surface area contributed by atoms with Crippen molar-refractivity contribution in [2.24, 2.45) is 0 Å². The molecular formula is C21H30Si2. The fourth-order valence-electron chi connectivity index (χ4n) is 4.93. The second-order valence-electron chi connectivity index (χ2n) is 8.70. The lowest BCUT2D eigenvalue weighted by Crippen LogP contribution is -2.60. The van der Waals surface area contributed by atoms with Crippen LogP contribution in [0.1, 0.15) is 27.7 Å². The first-order valence-electron chi connectivity index (χ1n) is 8.96. The van der Waals surface area contributed by atoms with Gasteiger partial charge in [0.25, 0.3) is 0 Å². The molecule has 2 aromatic rings. The molecule has 0 atom stereocenters. The van der Waals surface area contributed by atoms with Crippen LogP contribution in [0.15, 0.2) is 42.5 Å². The fraction of sp³-hybridized carbons (Fsp3) is 0.429. The zero-order valence-electron chi connectivity index (χ0n) is 15.7. The number of hydrogen-bond acceptors (Lipinski definition) is 0. The Kier molecular flexibility index (Phi) is 3.97. The predicted molar refractivity (Wildman–Crippen MR) is 110 cm³/mol. The van der Waals surface area contributed by atoms with Crippen LogP contribution in [0.3, 0.4) is 0 Å². The van der Waals surface area contributed by atoms with Gasteiger partial charge in [-0.3, -0.25) is 0 Å². The SMILES string of the molecule is CC(C)[Si]1(C(C)C)c2ccccc2-c2c([Si](C)(C)C)cccc21. The van der Waals surface area contributed by atoms with Gasteiger partial charge in [-0.1, -0.05) is 95.0 Å². The van der Waals surface area contributed by atoms with Crippen LogP contribution in [-0.2, 0) is 0 Å². The lowest BCUT2D eigenvalue weighted by molar-refractivity contribution is 0.930. The second kappa shape index (κ2) is 5.46. The van der Waals surface area contributed by atoms with Crippen molar-refractivity contribution in [1.82, 2.24) is 0 Å². The molecule has 23 heavy (non-hydrogen) atoms. The molecule has 0 saturated heterocycles. The summed E-state index contributed by atoms with van der Waals surface area (Å²) in [6.07, 6.45) is 0. The van der Waals surface area contributed by atoms with Crippen molar-refractivity contribution in [3.05, 3.63) is 42.5 Å². The zero-order valence-corrected chi connectivity index (χ0v) is 17.7. The highest BCUT2D eigenvalue weighted by atomic mass is 28.3. The topological polar surface area (TPSA) is 0 Å². The van der Waals surface area contributed by atoms with Crippen molar-refractivity contribution < 1.29 is 0 Å². The summed E-state index contributed by atoms with van der Waals surface area (Å²) in [5.74, 6) is 0. The highest BCUT2D eigenvalue weighted by Gasteiger charge is 2.50. The summed E-state index contributed by atoms with van der Waals surface area (Å²) in [5, 5.41) is 5.05. The normalized spacial score (nSPS) is 15.9. The molecule has 0 fully saturated rings. The van der Waals surface area contributed by atoms with E-state index in [0.29, 0.717) is 0 Å². The average molecular weight is 339 g/mol. The van der Waals surface area contributed by atoms with Gasteiger partial charge in [-0.2, -0.15) is 0 Å². The van der Waals surface area contributed by atoms with Crippen molar-refractivity contribution in [2.75, 3.05) is 0 Å². The van der Waals surface area contributed by atoms with Gasteiger partial charge in [0.05, 0.1) is 8.07 Å². The molecule has 1 heterocycles. The molecule has 0 aromatic heterocycles. The van der Waals surface area contributed by atoms with Crippen molar-refractivity contribution in [1.29, 1.82) is 0 Å². The van der Waals surface area contributed by atoms with Gasteiger partial charge in [-0.25, -0.2) is 0 Å². The van der Waals surface area contributed by atoms with E-state index in [1.54, 1.807) is 26.7 Å². The molecular weight excluding hydrogens is 308 g/mol. The molecule has 0 aliphatic carbocycles. The van der Waals surface area contributed by atoms with Crippen molar-refractivity contribution in [3.8, 4) is 11.1 Å². The number of benzene rings is 2. The van der Waals surface area contributed by atoms with E-state index in [2.05, 4.69) is 89.8 Å². The summed E-state index contributed by atoms with van der Waals surface area (Å²) in [7, 11) is -3.08. The van der Waals surface area contributed by atoms with E-state index in [1.807, 2.05) is 0 Å². The van der Waals surface area contributed by atoms with E-state index in [4.69, 9.17) is 0 Å². The standard InChI is InChI=1S/C21H30Si2/c1-15(2)23(16(3)4)18-12-9-8-11-17(18)21-19(22(5,6)7)13-10-14-20(21)23/h8-16H,1-7H3. The zero-order chi connectivity index (χ0) is 17.0. The summed E-state index contributed by atoms with van der Waals surface area (Å²) < 4.78 is 0. The van der Waals surface area contributed by atoms with Crippen LogP contribution in [0.25, 0.3) is 11.1 Å². The summed E-state index contributed by atoms with van der Waals surface area (Å²) >= 11 is 0. The molecule has 0 spiro atoms. The van der Waals surface area contributed by atoms with Crippen LogP contribution in [0.2, 0.25) is 30.7 Å². The quantitative estimate of drug-likeness (QED) is 0.718. The minimum atomic E-state index is -1.72. The van der Waals surface area contributed by atoms with Gasteiger partial charge >= 0.3 is 0 Å². The van der Waals surface area contributed by atoms with Crippen LogP contribution >= 0.6 is 0 Å². The molecule has 122 valence electrons. The van der Waals surface area contributed by atoms with E-state index < -0.39 is 16.1 Å². The van der Waals surface area contributed by atoms with Crippen LogP contribution < -0.4 is 15.6 Å². The fourth-order valence-corrected chi connectivity index (χ4v) is 12.9. The Morgan fingerprint density at radius 3 is 1.87 bits per heavy atom. The Hall–Kier alpha value is -1.13. The third-order valence-corrected chi connectivity index (χ3v) is 14.1. The molecule has 0 saturated carbocycles. The molecule has 1 aliphatic rings. The Morgan fingerprint density at radius 1 is 0.739 bits per heavy atom. The van der Waals surface area contributed by atoms with Crippen molar-refractivity contribution in [2.45, 2.75) is 58.4 Å². The number of fused-ring (bicyclic) bond motifs is 3. The highest BCUT2D eigenvalue weighted by Crippen LogP contribution is 2.40. The minimum Gasteiger partial charge on any atom is -0.0656 e. The van der Waals surface area contributed by atoms with Crippen molar-refractivity contribution in [3.63, 3.8) is 0 Å². The Labute approximate surface area is 144 Å². The summed E-state index contributed by atoms with van der Waals surface area (Å²) in [6.45, 7) is 17.3. The molecule has 0 radical (unpaired) electrons. The molecule has 2 heteroatoms. The van der Waals surface area contributed by atoms with Gasteiger partial charge in [0.1, 0.15) is 8.07 Å². The molecule has 0 nitrogen and oxygen atoms in total. The predicted octanol–water partition coefficient (Wildman–Crippen LogP) is 4.60. The molecule has 0 amide bonds. The molecule has 1 aliphatic heterocycles. The van der Waals surface area contributed by atoms with Gasteiger partial charge in [-0.05, 0) is 32.6 Å². The van der Waals surface area contributed by atoms with E-state index >= 15 is 0 Å². The lowest BCUT2D eigenvalue weighted by Gasteiger charge is -2.38. The van der Waals surface area contributed by atoms with Gasteiger partial charge in [-0.15, -0.1) is 0 Å². The van der Waals surface area contributed by atoms with E-state index in [-0.39, 0.29) is 0 Å². The smallest absolute Gasteiger partial charge is 0.0656 e. The van der Waals surface area contributed by atoms with E-state index in [9.17, 15) is 0 Å². The number of hydrogen-bond donors (Lipinski definition) is 0. The van der Waals surface area contributed by atoms with Gasteiger partial charge in [0.2, 0.25) is 0 Å². The Balaban J connectivity index is 2.47. The summed E-state index contributed by atoms with van der Waals surface area (Å²) in [6, 6.07) is 16.5. The third-order valence-electron chi connectivity index (χ3n) is 5.78. The lowest BCUT2D eigenvalue weighted by atomic mass is 10.1. The number of rotatable bonds is 3. The first kappa shape index (κ1) is 16.7. The highest BCUT2D eigenvalue weighted by molar-refractivity contribution is 7.08. The third kappa shape index (κ3) is 2.22. The maximum atomic E-state index is 2.48. The molecule has 3 rings (SSSR count). The van der Waals surface area contributed by atoms with Crippen LogP contribution in [0.4, 0.5) is 0 Å². The first-order valence-corrected chi connectivity index (χ1v) is 14.6. The van der Waals surface area contributed by atoms with Gasteiger partial charge in [0.15, 0.2) is 0 Å². The van der Waals surface area contributed by atoms with Crippen LogP contribution in [0.5, 0.6) is 0 Å². The van der Waals surface area contributed by atoms with Gasteiger partial charge in [0, 0.05) is 0 Å². The Morgan fingerprint density at radius 2 is 1.30 bits per heavy atom. The average Bonchev–Trinajstić information content (AvgIpc) is 2.77. The molecule has 0 N–H and O–H groups in total. The van der Waals surface area contributed by atoms with Crippen molar-refractivity contribution >= 4 is 31.7 Å². The van der Waals surface area contributed by atoms with Crippen LogP contribution in [0, 0.1) is 0 Å². The summed E-state index contributed by atoms with van der Waals surface area (Å²) in [4.78, 5) is 0. The largest absolute Gasteiger partial charge is 0.124 e. The monoisotopic (exact) mass is 338 g/mol. The van der Waals surface area contributed by atoms with Gasteiger partial charge < -0.3 is 0 Å². The molecule has 0 unspecified atom stereocenters. The first-order chi connectivity index (χ1) is 10.7. The molecule has 2 aromatic carbocycles. The van der Waals surface area contributed by atoms with E-state index in [1.165, 1.54) is 0 Å². The second-order valence-corrected chi connectivity index (χ2v) is 18.9. The maximum Gasteiger partial charge on any atom is 0.124 e. The maximum absolute atomic E-state index is 2.48. The Bertz CT molecular complexity index is 728. The van der Waals surface area contributed by atoms with Crippen LogP contribution in [-0.4, -0.2) is 16.1 Å². The summed E-state index contributed by atoms with van der Waals surface area (Å²) in [5.41, 5.74) is 4.62. The van der Waals surface area contributed by atoms with E-state index in [0.717, 1.165) is 11.1 Å².